The summed E-state index contributed by atoms with van der Waals surface area (Å²) in [6.45, 7) is 4.22. The van der Waals surface area contributed by atoms with E-state index in [1.807, 2.05) is 11.3 Å². The van der Waals surface area contributed by atoms with Crippen LogP contribution in [0.3, 0.4) is 0 Å². The lowest BCUT2D eigenvalue weighted by molar-refractivity contribution is -0.113. The molecule has 5 nitrogen and oxygen atoms in total. The Balaban J connectivity index is 1.53. The molecule has 0 atom stereocenters. The van der Waals surface area contributed by atoms with Crippen molar-refractivity contribution >= 4 is 57.9 Å². The van der Waals surface area contributed by atoms with Crippen molar-refractivity contribution in [2.75, 3.05) is 11.1 Å². The number of para-hydroxylation sites is 1. The highest BCUT2D eigenvalue weighted by Crippen LogP contribution is 2.38. The fourth-order valence-electron chi connectivity index (χ4n) is 3.63. The SMILES string of the molecule is CC(C)n1c(SCC(=O)Nc2c(Cl)cccc2Cl)nnc1-c1csc2c1CCCC2. The summed E-state index contributed by atoms with van der Waals surface area (Å²) in [6.07, 6.45) is 4.74. The molecule has 158 valence electrons. The number of hydrogen-bond acceptors (Lipinski definition) is 5. The summed E-state index contributed by atoms with van der Waals surface area (Å²) in [5, 5.41) is 15.5. The van der Waals surface area contributed by atoms with Crippen molar-refractivity contribution in [1.82, 2.24) is 14.8 Å². The molecular weight excluding hydrogens is 459 g/mol. The van der Waals surface area contributed by atoms with Crippen molar-refractivity contribution in [3.8, 4) is 11.4 Å². The number of hydrogen-bond donors (Lipinski definition) is 1. The maximum absolute atomic E-state index is 12.5. The quantitative estimate of drug-likeness (QED) is 0.408. The summed E-state index contributed by atoms with van der Waals surface area (Å²) in [6, 6.07) is 5.31. The summed E-state index contributed by atoms with van der Waals surface area (Å²) >= 11 is 15.5. The van der Waals surface area contributed by atoms with Crippen LogP contribution in [-0.4, -0.2) is 26.4 Å². The second kappa shape index (κ2) is 9.30. The number of rotatable bonds is 6. The third-order valence-electron chi connectivity index (χ3n) is 5.04. The first kappa shape index (κ1) is 21.7. The second-order valence-electron chi connectivity index (χ2n) is 7.46. The van der Waals surface area contributed by atoms with Gasteiger partial charge < -0.3 is 5.32 Å². The molecule has 3 aromatic rings. The van der Waals surface area contributed by atoms with Crippen molar-refractivity contribution in [1.29, 1.82) is 0 Å². The van der Waals surface area contributed by atoms with E-state index in [4.69, 9.17) is 23.2 Å². The third kappa shape index (κ3) is 4.40. The normalized spacial score (nSPS) is 13.5. The summed E-state index contributed by atoms with van der Waals surface area (Å²) < 4.78 is 2.12. The highest BCUT2D eigenvalue weighted by Gasteiger charge is 2.24. The number of halogens is 2. The van der Waals surface area contributed by atoms with Crippen LogP contribution in [0.15, 0.2) is 28.7 Å². The zero-order valence-electron chi connectivity index (χ0n) is 16.7. The number of nitrogens with zero attached hydrogens (tertiary/aromatic N) is 3. The molecule has 0 unspecified atom stereocenters. The molecule has 9 heteroatoms. The number of nitrogens with one attached hydrogen (secondary N) is 1. The van der Waals surface area contributed by atoms with Crippen molar-refractivity contribution in [3.63, 3.8) is 0 Å². The third-order valence-corrected chi connectivity index (χ3v) is 7.70. The Morgan fingerprint density at radius 3 is 2.70 bits per heavy atom. The average Bonchev–Trinajstić information content (AvgIpc) is 3.33. The van der Waals surface area contributed by atoms with Gasteiger partial charge in [-0.3, -0.25) is 9.36 Å². The van der Waals surface area contributed by atoms with E-state index in [1.165, 1.54) is 40.6 Å². The summed E-state index contributed by atoms with van der Waals surface area (Å²) in [7, 11) is 0. The fourth-order valence-corrected chi connectivity index (χ4v) is 6.11. The molecule has 1 aliphatic rings. The van der Waals surface area contributed by atoms with Gasteiger partial charge in [0.05, 0.1) is 21.5 Å². The predicted molar refractivity (Wildman–Crippen MR) is 126 cm³/mol. The Labute approximate surface area is 194 Å². The number of carbonyl (C=O) groups is 1. The molecule has 0 bridgehead atoms. The Kier molecular flexibility index (Phi) is 6.72. The van der Waals surface area contributed by atoms with Gasteiger partial charge in [0.25, 0.3) is 0 Å². The van der Waals surface area contributed by atoms with Gasteiger partial charge in [-0.25, -0.2) is 0 Å². The van der Waals surface area contributed by atoms with Gasteiger partial charge in [0, 0.05) is 21.9 Å². The lowest BCUT2D eigenvalue weighted by Gasteiger charge is -2.16. The molecule has 0 fully saturated rings. The maximum Gasteiger partial charge on any atom is 0.234 e. The van der Waals surface area contributed by atoms with E-state index in [0.29, 0.717) is 15.7 Å². The molecular formula is C21H22Cl2N4OS2. The topological polar surface area (TPSA) is 59.8 Å². The molecule has 30 heavy (non-hydrogen) atoms. The average molecular weight is 481 g/mol. The van der Waals surface area contributed by atoms with Crippen molar-refractivity contribution in [3.05, 3.63) is 44.1 Å². The number of thiophene rings is 1. The molecule has 4 rings (SSSR count). The van der Waals surface area contributed by atoms with Crippen molar-refractivity contribution in [2.24, 2.45) is 0 Å². The van der Waals surface area contributed by atoms with Crippen LogP contribution in [-0.2, 0) is 17.6 Å². The zero-order chi connectivity index (χ0) is 21.3. The molecule has 0 saturated carbocycles. The van der Waals surface area contributed by atoms with Crippen LogP contribution in [0, 0.1) is 0 Å². The summed E-state index contributed by atoms with van der Waals surface area (Å²) in [4.78, 5) is 14.0. The first-order valence-corrected chi connectivity index (χ1v) is 12.5. The van der Waals surface area contributed by atoms with Crippen LogP contribution >= 0.6 is 46.3 Å². The van der Waals surface area contributed by atoms with E-state index in [9.17, 15) is 4.79 Å². The molecule has 0 radical (unpaired) electrons. The molecule has 2 heterocycles. The highest BCUT2D eigenvalue weighted by molar-refractivity contribution is 7.99. The van der Waals surface area contributed by atoms with Gasteiger partial charge in [-0.05, 0) is 57.2 Å². The van der Waals surface area contributed by atoms with Crippen LogP contribution in [0.2, 0.25) is 10.0 Å². The summed E-state index contributed by atoms with van der Waals surface area (Å²) in [5.74, 6) is 0.887. The van der Waals surface area contributed by atoms with Gasteiger partial charge in [0.1, 0.15) is 0 Å². The first-order chi connectivity index (χ1) is 14.5. The monoisotopic (exact) mass is 480 g/mol. The van der Waals surface area contributed by atoms with Crippen LogP contribution in [0.25, 0.3) is 11.4 Å². The van der Waals surface area contributed by atoms with E-state index in [2.05, 4.69) is 39.3 Å². The Morgan fingerprint density at radius 1 is 1.23 bits per heavy atom. The number of aryl methyl sites for hydroxylation is 1. The molecule has 0 aliphatic heterocycles. The molecule has 2 aromatic heterocycles. The van der Waals surface area contributed by atoms with Crippen molar-refractivity contribution in [2.45, 2.75) is 50.7 Å². The Bertz CT molecular complexity index is 1060. The molecule has 1 amide bonds. The Hall–Kier alpha value is -1.54. The standard InChI is InChI=1S/C21H22Cl2N4OS2/c1-12(2)27-20(14-10-29-17-9-4-3-6-13(14)17)25-26-21(27)30-11-18(28)24-19-15(22)7-5-8-16(19)23/h5,7-8,10,12H,3-4,6,9,11H2,1-2H3,(H,24,28). The van der Waals surface area contributed by atoms with Gasteiger partial charge in [0.15, 0.2) is 11.0 Å². The number of amides is 1. The van der Waals surface area contributed by atoms with Gasteiger partial charge >= 0.3 is 0 Å². The van der Waals surface area contributed by atoms with Crippen LogP contribution < -0.4 is 5.32 Å². The zero-order valence-corrected chi connectivity index (χ0v) is 19.9. The molecule has 1 aliphatic carbocycles. The smallest absolute Gasteiger partial charge is 0.234 e. The predicted octanol–water partition coefficient (Wildman–Crippen LogP) is 6.50. The largest absolute Gasteiger partial charge is 0.323 e. The highest BCUT2D eigenvalue weighted by atomic mass is 35.5. The fraction of sp³-hybridized carbons (Fsp3) is 0.381. The number of aromatic nitrogens is 3. The van der Waals surface area contributed by atoms with Gasteiger partial charge in [-0.1, -0.05) is 41.0 Å². The van der Waals surface area contributed by atoms with Gasteiger partial charge in [0.2, 0.25) is 5.91 Å². The molecule has 0 saturated heterocycles. The van der Waals surface area contributed by atoms with E-state index in [1.54, 1.807) is 18.2 Å². The number of thioether (sulfide) groups is 1. The Morgan fingerprint density at radius 2 is 1.97 bits per heavy atom. The van der Waals surface area contributed by atoms with Crippen molar-refractivity contribution < 1.29 is 4.79 Å². The van der Waals surface area contributed by atoms with E-state index in [-0.39, 0.29) is 17.7 Å². The number of carbonyl (C=O) groups excluding carboxylic acids is 1. The van der Waals surface area contributed by atoms with E-state index < -0.39 is 0 Å². The number of benzene rings is 1. The minimum absolute atomic E-state index is 0.178. The molecule has 0 spiro atoms. The minimum Gasteiger partial charge on any atom is -0.323 e. The molecule has 1 N–H and O–H groups in total. The lowest BCUT2D eigenvalue weighted by Crippen LogP contribution is -2.15. The van der Waals surface area contributed by atoms with Crippen LogP contribution in [0.1, 0.15) is 43.2 Å². The van der Waals surface area contributed by atoms with Gasteiger partial charge in [-0.2, -0.15) is 0 Å². The minimum atomic E-state index is -0.192. The maximum atomic E-state index is 12.5. The van der Waals surface area contributed by atoms with Gasteiger partial charge in [-0.15, -0.1) is 21.5 Å². The van der Waals surface area contributed by atoms with Crippen LogP contribution in [0.5, 0.6) is 0 Å². The lowest BCUT2D eigenvalue weighted by atomic mass is 9.95. The van der Waals surface area contributed by atoms with E-state index >= 15 is 0 Å². The number of fused-ring (bicyclic) bond motifs is 1. The van der Waals surface area contributed by atoms with E-state index in [0.717, 1.165) is 23.8 Å². The second-order valence-corrected chi connectivity index (χ2v) is 10.2. The first-order valence-electron chi connectivity index (χ1n) is 9.87. The number of anilines is 1. The molecule has 1 aromatic carbocycles. The summed E-state index contributed by atoms with van der Waals surface area (Å²) in [5.41, 5.74) is 3.04. The van der Waals surface area contributed by atoms with Crippen LogP contribution in [0.4, 0.5) is 5.69 Å².